The maximum atomic E-state index is 12.4. The summed E-state index contributed by atoms with van der Waals surface area (Å²) in [7, 11) is 0. The predicted octanol–water partition coefficient (Wildman–Crippen LogP) is 3.98. The van der Waals surface area contributed by atoms with Crippen LogP contribution in [0.1, 0.15) is 18.1 Å². The largest absolute Gasteiger partial charge is 0.368 e. The van der Waals surface area contributed by atoms with E-state index in [2.05, 4.69) is 41.4 Å². The van der Waals surface area contributed by atoms with E-state index < -0.39 is 0 Å². The van der Waals surface area contributed by atoms with Crippen LogP contribution in [0.15, 0.2) is 48.5 Å². The van der Waals surface area contributed by atoms with Gasteiger partial charge in [-0.15, -0.1) is 0 Å². The summed E-state index contributed by atoms with van der Waals surface area (Å²) in [5, 5.41) is 3.75. The van der Waals surface area contributed by atoms with E-state index >= 15 is 0 Å². The first-order valence-electron chi connectivity index (χ1n) is 9.27. The molecule has 0 radical (unpaired) electrons. The Hall–Kier alpha value is -2.20. The number of carbonyl (C=O) groups is 1. The molecule has 26 heavy (non-hydrogen) atoms. The molecule has 0 aliphatic carbocycles. The summed E-state index contributed by atoms with van der Waals surface area (Å²) < 4.78 is 0. The number of rotatable bonds is 5. The van der Waals surface area contributed by atoms with Crippen LogP contribution in [0.25, 0.3) is 0 Å². The Labute approximate surface area is 160 Å². The number of hydrogen-bond donors (Lipinski definition) is 1. The van der Waals surface area contributed by atoms with Gasteiger partial charge in [0.05, 0.1) is 0 Å². The number of aryl methyl sites for hydroxylation is 1. The van der Waals surface area contributed by atoms with E-state index in [9.17, 15) is 4.79 Å². The number of carbonyl (C=O) groups excluding carboxylic acids is 1. The van der Waals surface area contributed by atoms with Crippen LogP contribution >= 0.6 is 11.6 Å². The Kier molecular flexibility index (Phi) is 6.40. The molecule has 1 saturated heterocycles. The van der Waals surface area contributed by atoms with Crippen molar-refractivity contribution in [1.82, 2.24) is 10.2 Å². The summed E-state index contributed by atoms with van der Waals surface area (Å²) >= 11 is 5.99. The van der Waals surface area contributed by atoms with E-state index in [1.54, 1.807) is 0 Å². The Balaban J connectivity index is 1.43. The van der Waals surface area contributed by atoms with Crippen LogP contribution in [0.2, 0.25) is 5.02 Å². The van der Waals surface area contributed by atoms with Gasteiger partial charge < -0.3 is 15.1 Å². The Morgan fingerprint density at radius 2 is 1.77 bits per heavy atom. The van der Waals surface area contributed by atoms with Crippen LogP contribution in [0.4, 0.5) is 10.5 Å². The number of piperazine rings is 1. The van der Waals surface area contributed by atoms with Crippen molar-refractivity contribution in [1.29, 1.82) is 0 Å². The molecule has 4 nitrogen and oxygen atoms in total. The van der Waals surface area contributed by atoms with Gasteiger partial charge in [0.25, 0.3) is 0 Å². The summed E-state index contributed by atoms with van der Waals surface area (Å²) in [5.41, 5.74) is 3.73. The summed E-state index contributed by atoms with van der Waals surface area (Å²) in [6.07, 6.45) is 1.85. The molecule has 5 heteroatoms. The summed E-state index contributed by atoms with van der Waals surface area (Å²) in [5.74, 6) is 0. The number of nitrogens with zero attached hydrogens (tertiary/aromatic N) is 2. The zero-order chi connectivity index (χ0) is 18.4. The van der Waals surface area contributed by atoms with Crippen LogP contribution in [-0.2, 0) is 12.8 Å². The minimum atomic E-state index is 0.0213. The molecule has 0 bridgehead atoms. The highest BCUT2D eigenvalue weighted by molar-refractivity contribution is 6.30. The maximum Gasteiger partial charge on any atom is 0.317 e. The van der Waals surface area contributed by atoms with Crippen molar-refractivity contribution in [3.05, 3.63) is 64.7 Å². The van der Waals surface area contributed by atoms with Crippen LogP contribution in [0.5, 0.6) is 0 Å². The topological polar surface area (TPSA) is 35.6 Å². The van der Waals surface area contributed by atoms with Crippen molar-refractivity contribution < 1.29 is 4.79 Å². The number of anilines is 1. The van der Waals surface area contributed by atoms with Crippen molar-refractivity contribution in [2.45, 2.75) is 19.8 Å². The van der Waals surface area contributed by atoms with Crippen molar-refractivity contribution in [2.24, 2.45) is 0 Å². The van der Waals surface area contributed by atoms with Crippen molar-refractivity contribution >= 4 is 23.3 Å². The summed E-state index contributed by atoms with van der Waals surface area (Å²) in [6.45, 7) is 6.02. The second kappa shape index (κ2) is 8.95. The minimum absolute atomic E-state index is 0.0213. The van der Waals surface area contributed by atoms with E-state index in [-0.39, 0.29) is 6.03 Å². The van der Waals surface area contributed by atoms with Crippen molar-refractivity contribution in [2.75, 3.05) is 37.6 Å². The molecular weight excluding hydrogens is 346 g/mol. The lowest BCUT2D eigenvalue weighted by atomic mass is 10.1. The third-order valence-electron chi connectivity index (χ3n) is 4.86. The Bertz CT molecular complexity index is 724. The molecule has 0 spiro atoms. The fourth-order valence-electron chi connectivity index (χ4n) is 3.23. The number of halogens is 1. The molecular formula is C21H26ClN3O. The fraction of sp³-hybridized carbons (Fsp3) is 0.381. The third kappa shape index (κ3) is 4.92. The molecule has 1 fully saturated rings. The summed E-state index contributed by atoms with van der Waals surface area (Å²) in [6, 6.07) is 16.5. The molecule has 0 unspecified atom stereocenters. The van der Waals surface area contributed by atoms with E-state index in [1.165, 1.54) is 11.3 Å². The molecule has 2 amide bonds. The van der Waals surface area contributed by atoms with Crippen LogP contribution in [-0.4, -0.2) is 43.7 Å². The molecule has 2 aromatic rings. The standard InChI is InChI=1S/C21H26ClN3O/c1-2-17-6-8-20(9-7-17)24-12-14-25(15-13-24)21(26)23-11-10-18-4-3-5-19(22)16-18/h3-9,16H,2,10-15H2,1H3,(H,23,26). The normalized spacial score (nSPS) is 14.4. The predicted molar refractivity (Wildman–Crippen MR) is 108 cm³/mol. The highest BCUT2D eigenvalue weighted by Gasteiger charge is 2.20. The number of nitrogens with one attached hydrogen (secondary N) is 1. The van der Waals surface area contributed by atoms with E-state index in [0.717, 1.165) is 49.6 Å². The smallest absolute Gasteiger partial charge is 0.317 e. The van der Waals surface area contributed by atoms with Gasteiger partial charge in [-0.05, 0) is 48.2 Å². The van der Waals surface area contributed by atoms with Gasteiger partial charge in [0.15, 0.2) is 0 Å². The first-order chi connectivity index (χ1) is 12.7. The molecule has 1 heterocycles. The van der Waals surface area contributed by atoms with E-state index in [4.69, 9.17) is 11.6 Å². The van der Waals surface area contributed by atoms with E-state index in [1.807, 2.05) is 29.2 Å². The highest BCUT2D eigenvalue weighted by Crippen LogP contribution is 2.17. The molecule has 138 valence electrons. The lowest BCUT2D eigenvalue weighted by Crippen LogP contribution is -2.52. The lowest BCUT2D eigenvalue weighted by Gasteiger charge is -2.36. The monoisotopic (exact) mass is 371 g/mol. The van der Waals surface area contributed by atoms with Crippen molar-refractivity contribution in [3.8, 4) is 0 Å². The first kappa shape index (κ1) is 18.6. The van der Waals surface area contributed by atoms with Gasteiger partial charge in [0, 0.05) is 43.4 Å². The Morgan fingerprint density at radius 1 is 1.04 bits per heavy atom. The fourth-order valence-corrected chi connectivity index (χ4v) is 3.44. The Morgan fingerprint density at radius 3 is 2.42 bits per heavy atom. The molecule has 2 aromatic carbocycles. The number of hydrogen-bond acceptors (Lipinski definition) is 2. The SMILES string of the molecule is CCc1ccc(N2CCN(C(=O)NCCc3cccc(Cl)c3)CC2)cc1. The van der Waals surface area contributed by atoms with E-state index in [0.29, 0.717) is 6.54 Å². The first-order valence-corrected chi connectivity index (χ1v) is 9.64. The summed E-state index contributed by atoms with van der Waals surface area (Å²) in [4.78, 5) is 16.6. The van der Waals surface area contributed by atoms with Gasteiger partial charge in [-0.3, -0.25) is 0 Å². The van der Waals surface area contributed by atoms with Crippen molar-refractivity contribution in [3.63, 3.8) is 0 Å². The molecule has 1 N–H and O–H groups in total. The van der Waals surface area contributed by atoms with Gasteiger partial charge in [-0.25, -0.2) is 4.79 Å². The highest BCUT2D eigenvalue weighted by atomic mass is 35.5. The maximum absolute atomic E-state index is 12.4. The second-order valence-electron chi connectivity index (χ2n) is 6.61. The molecule has 0 aromatic heterocycles. The second-order valence-corrected chi connectivity index (χ2v) is 7.04. The van der Waals surface area contributed by atoms with Gasteiger partial charge >= 0.3 is 6.03 Å². The number of benzene rings is 2. The van der Waals surface area contributed by atoms with Crippen LogP contribution in [0, 0.1) is 0 Å². The van der Waals surface area contributed by atoms with Crippen LogP contribution < -0.4 is 10.2 Å². The molecule has 1 aliphatic heterocycles. The number of amides is 2. The number of urea groups is 1. The van der Waals surface area contributed by atoms with Gasteiger partial charge in [-0.1, -0.05) is 42.8 Å². The van der Waals surface area contributed by atoms with Crippen LogP contribution in [0.3, 0.4) is 0 Å². The zero-order valence-electron chi connectivity index (χ0n) is 15.2. The molecule has 1 aliphatic rings. The average molecular weight is 372 g/mol. The molecule has 0 saturated carbocycles. The molecule has 3 rings (SSSR count). The van der Waals surface area contributed by atoms with Gasteiger partial charge in [0.2, 0.25) is 0 Å². The third-order valence-corrected chi connectivity index (χ3v) is 5.09. The van der Waals surface area contributed by atoms with Gasteiger partial charge in [0.1, 0.15) is 0 Å². The zero-order valence-corrected chi connectivity index (χ0v) is 16.0. The molecule has 0 atom stereocenters. The minimum Gasteiger partial charge on any atom is -0.368 e. The lowest BCUT2D eigenvalue weighted by molar-refractivity contribution is 0.194. The van der Waals surface area contributed by atoms with Gasteiger partial charge in [-0.2, -0.15) is 0 Å². The quantitative estimate of drug-likeness (QED) is 0.862. The average Bonchev–Trinajstić information content (AvgIpc) is 2.68.